The molecule has 25 heavy (non-hydrogen) atoms. The van der Waals surface area contributed by atoms with E-state index in [-0.39, 0.29) is 11.5 Å². The van der Waals surface area contributed by atoms with Crippen molar-refractivity contribution in [2.75, 3.05) is 6.61 Å². The van der Waals surface area contributed by atoms with Crippen LogP contribution in [0.2, 0.25) is 0 Å². The predicted molar refractivity (Wildman–Crippen MR) is 98.0 cm³/mol. The second-order valence-corrected chi connectivity index (χ2v) is 7.76. The van der Waals surface area contributed by atoms with Gasteiger partial charge in [0.05, 0.1) is 6.61 Å². The van der Waals surface area contributed by atoms with Crippen LogP contribution in [-0.2, 0) is 12.8 Å². The molecule has 0 N–H and O–H groups in total. The zero-order valence-corrected chi connectivity index (χ0v) is 15.0. The van der Waals surface area contributed by atoms with Crippen LogP contribution in [0.15, 0.2) is 35.5 Å². The summed E-state index contributed by atoms with van der Waals surface area (Å²) in [7, 11) is 0. The molecule has 0 aromatic heterocycles. The summed E-state index contributed by atoms with van der Waals surface area (Å²) in [6.45, 7) is 6.78. The van der Waals surface area contributed by atoms with E-state index < -0.39 is 0 Å². The topological polar surface area (TPSA) is 47.9 Å². The Morgan fingerprint density at radius 3 is 2.84 bits per heavy atom. The first kappa shape index (κ1) is 16.1. The summed E-state index contributed by atoms with van der Waals surface area (Å²) in [5.41, 5.74) is 4.81. The average Bonchev–Trinajstić information content (AvgIpc) is 2.60. The molecule has 4 heteroatoms. The molecule has 0 bridgehead atoms. The van der Waals surface area contributed by atoms with Gasteiger partial charge >= 0.3 is 0 Å². The van der Waals surface area contributed by atoms with Gasteiger partial charge in [-0.2, -0.15) is 0 Å². The van der Waals surface area contributed by atoms with Crippen molar-refractivity contribution in [1.82, 2.24) is 0 Å². The fraction of sp³-hybridized carbons (Fsp3) is 0.429. The van der Waals surface area contributed by atoms with E-state index in [0.29, 0.717) is 12.3 Å². The van der Waals surface area contributed by atoms with Crippen molar-refractivity contribution < 1.29 is 9.47 Å². The summed E-state index contributed by atoms with van der Waals surface area (Å²) in [5, 5.41) is 3.22. The Balaban J connectivity index is 1.66. The van der Waals surface area contributed by atoms with E-state index in [9.17, 15) is 4.91 Å². The van der Waals surface area contributed by atoms with E-state index >= 15 is 0 Å². The fourth-order valence-electron chi connectivity index (χ4n) is 3.89. The molecule has 0 fully saturated rings. The van der Waals surface area contributed by atoms with Crippen LogP contribution in [-0.4, -0.2) is 12.2 Å². The van der Waals surface area contributed by atoms with Gasteiger partial charge in [-0.25, -0.2) is 0 Å². The highest BCUT2D eigenvalue weighted by Crippen LogP contribution is 2.44. The molecule has 2 aromatic rings. The predicted octanol–water partition coefficient (Wildman–Crippen LogP) is 5.22. The molecule has 1 atom stereocenters. The monoisotopic (exact) mass is 337 g/mol. The Kier molecular flexibility index (Phi) is 3.78. The lowest BCUT2D eigenvalue weighted by Crippen LogP contribution is -2.33. The molecule has 4 nitrogen and oxygen atoms in total. The van der Waals surface area contributed by atoms with Crippen LogP contribution in [0, 0.1) is 11.8 Å². The van der Waals surface area contributed by atoms with Crippen LogP contribution >= 0.6 is 0 Å². The molecule has 2 aromatic carbocycles. The number of aryl methyl sites for hydroxylation is 1. The van der Waals surface area contributed by atoms with Gasteiger partial charge in [0, 0.05) is 11.5 Å². The number of nitroso groups, excluding NO2 is 1. The van der Waals surface area contributed by atoms with Crippen LogP contribution < -0.4 is 9.47 Å². The summed E-state index contributed by atoms with van der Waals surface area (Å²) in [5.74, 6) is 2.08. The van der Waals surface area contributed by atoms with Crippen molar-refractivity contribution >= 4 is 5.69 Å². The first-order chi connectivity index (χ1) is 12.0. The van der Waals surface area contributed by atoms with Gasteiger partial charge in [-0.1, -0.05) is 18.2 Å². The Hall–Kier alpha value is -2.36. The molecule has 0 spiro atoms. The number of fused-ring (bicyclic) bond motifs is 3. The van der Waals surface area contributed by atoms with Crippen LogP contribution in [0.5, 0.6) is 11.5 Å². The van der Waals surface area contributed by atoms with Crippen molar-refractivity contribution in [3.8, 4) is 11.5 Å². The minimum Gasteiger partial charge on any atom is -0.492 e. The SMILES string of the molecule is Cc1ccc(C2COc3c(ccc4c3CCC(C)(C)O4)C2)c(N=O)c1. The Morgan fingerprint density at radius 2 is 2.04 bits per heavy atom. The second kappa shape index (κ2) is 5.87. The number of benzene rings is 2. The van der Waals surface area contributed by atoms with Gasteiger partial charge in [-0.05, 0) is 74.0 Å². The lowest BCUT2D eigenvalue weighted by Gasteiger charge is -2.35. The van der Waals surface area contributed by atoms with Crippen molar-refractivity contribution in [2.24, 2.45) is 5.18 Å². The molecule has 0 saturated heterocycles. The fourth-order valence-corrected chi connectivity index (χ4v) is 3.89. The summed E-state index contributed by atoms with van der Waals surface area (Å²) in [6.07, 6.45) is 2.82. The third-order valence-corrected chi connectivity index (χ3v) is 5.28. The molecule has 0 radical (unpaired) electrons. The van der Waals surface area contributed by atoms with Crippen molar-refractivity contribution in [2.45, 2.75) is 51.6 Å². The maximum atomic E-state index is 11.2. The molecule has 2 aliphatic heterocycles. The van der Waals surface area contributed by atoms with Crippen LogP contribution in [0.1, 0.15) is 48.4 Å². The van der Waals surface area contributed by atoms with Crippen LogP contribution in [0.4, 0.5) is 5.69 Å². The number of hydrogen-bond acceptors (Lipinski definition) is 4. The maximum absolute atomic E-state index is 11.2. The van der Waals surface area contributed by atoms with E-state index in [2.05, 4.69) is 31.2 Å². The molecule has 0 amide bonds. The third-order valence-electron chi connectivity index (χ3n) is 5.28. The number of nitrogens with zero attached hydrogens (tertiary/aromatic N) is 1. The minimum absolute atomic E-state index is 0.120. The lowest BCUT2D eigenvalue weighted by molar-refractivity contribution is 0.0827. The van der Waals surface area contributed by atoms with E-state index in [1.54, 1.807) is 0 Å². The largest absolute Gasteiger partial charge is 0.492 e. The van der Waals surface area contributed by atoms with Gasteiger partial charge in [-0.3, -0.25) is 0 Å². The van der Waals surface area contributed by atoms with Gasteiger partial charge in [0.2, 0.25) is 0 Å². The molecule has 130 valence electrons. The first-order valence-electron chi connectivity index (χ1n) is 8.87. The van der Waals surface area contributed by atoms with Crippen LogP contribution in [0.25, 0.3) is 0 Å². The Morgan fingerprint density at radius 1 is 1.20 bits per heavy atom. The third kappa shape index (κ3) is 2.90. The number of rotatable bonds is 2. The highest BCUT2D eigenvalue weighted by molar-refractivity contribution is 5.55. The molecule has 2 aliphatic rings. The first-order valence-corrected chi connectivity index (χ1v) is 8.87. The normalized spacial score (nSPS) is 20.7. The van der Waals surface area contributed by atoms with Gasteiger partial charge in [-0.15, -0.1) is 4.91 Å². The molecule has 0 saturated carbocycles. The lowest BCUT2D eigenvalue weighted by atomic mass is 9.86. The number of ether oxygens (including phenoxy) is 2. The zero-order valence-electron chi connectivity index (χ0n) is 15.0. The molecular weight excluding hydrogens is 314 g/mol. The second-order valence-electron chi connectivity index (χ2n) is 7.76. The number of hydrogen-bond donors (Lipinski definition) is 0. The zero-order chi connectivity index (χ0) is 17.6. The molecule has 4 rings (SSSR count). The standard InChI is InChI=1S/C21H23NO3/c1-13-4-6-16(18(10-13)22-23)15-11-14-5-7-19-17(20(14)24-12-15)8-9-21(2,3)25-19/h4-7,10,15H,8-9,11-12H2,1-3H3. The van der Waals surface area contributed by atoms with Gasteiger partial charge in [0.1, 0.15) is 22.8 Å². The maximum Gasteiger partial charge on any atom is 0.129 e. The summed E-state index contributed by atoms with van der Waals surface area (Å²) >= 11 is 0. The Bertz CT molecular complexity index is 841. The van der Waals surface area contributed by atoms with E-state index in [1.165, 1.54) is 11.1 Å². The van der Waals surface area contributed by atoms with Gasteiger partial charge in [0.25, 0.3) is 0 Å². The average molecular weight is 337 g/mol. The summed E-state index contributed by atoms with van der Waals surface area (Å²) in [4.78, 5) is 11.2. The summed E-state index contributed by atoms with van der Waals surface area (Å²) < 4.78 is 12.3. The smallest absolute Gasteiger partial charge is 0.129 e. The highest BCUT2D eigenvalue weighted by atomic mass is 16.5. The molecule has 1 unspecified atom stereocenters. The van der Waals surface area contributed by atoms with E-state index in [0.717, 1.165) is 41.9 Å². The van der Waals surface area contributed by atoms with Crippen molar-refractivity contribution in [1.29, 1.82) is 0 Å². The molecule has 0 aliphatic carbocycles. The van der Waals surface area contributed by atoms with Gasteiger partial charge < -0.3 is 9.47 Å². The van der Waals surface area contributed by atoms with E-state index in [1.807, 2.05) is 25.1 Å². The minimum atomic E-state index is -0.120. The molecule has 2 heterocycles. The molecular formula is C21H23NO3. The van der Waals surface area contributed by atoms with Crippen LogP contribution in [0.3, 0.4) is 0 Å². The summed E-state index contributed by atoms with van der Waals surface area (Å²) in [6, 6.07) is 10.1. The van der Waals surface area contributed by atoms with Crippen molar-refractivity contribution in [3.63, 3.8) is 0 Å². The van der Waals surface area contributed by atoms with Crippen molar-refractivity contribution in [3.05, 3.63) is 57.5 Å². The van der Waals surface area contributed by atoms with E-state index in [4.69, 9.17) is 9.47 Å². The van der Waals surface area contributed by atoms with Gasteiger partial charge in [0.15, 0.2) is 0 Å². The quantitative estimate of drug-likeness (QED) is 0.706. The Labute approximate surface area is 148 Å². The highest BCUT2D eigenvalue weighted by Gasteiger charge is 2.32.